The van der Waals surface area contributed by atoms with Crippen molar-refractivity contribution in [3.63, 3.8) is 0 Å². The maximum Gasteiger partial charge on any atom is -0.00171 e. The molecule has 0 heteroatoms. The third kappa shape index (κ3) is 0.476. The van der Waals surface area contributed by atoms with Gasteiger partial charge in [0.1, 0.15) is 0 Å². The lowest BCUT2D eigenvalue weighted by Gasteiger charge is -1.93. The van der Waals surface area contributed by atoms with E-state index in [1.54, 1.807) is 22.3 Å². The summed E-state index contributed by atoms with van der Waals surface area (Å²) in [6.07, 6.45) is 5.39. The molecule has 0 N–H and O–H groups in total. The van der Waals surface area contributed by atoms with Crippen molar-refractivity contribution in [2.45, 2.75) is 25.7 Å². The predicted molar refractivity (Wildman–Crippen MR) is 41.3 cm³/mol. The Morgan fingerprint density at radius 2 is 1.80 bits per heavy atom. The molecule has 0 saturated heterocycles. The number of hydrogen-bond donors (Lipinski definition) is 0. The van der Waals surface area contributed by atoms with Gasteiger partial charge in [-0.1, -0.05) is 12.1 Å². The molecule has 0 amide bonds. The van der Waals surface area contributed by atoms with E-state index in [1.165, 1.54) is 25.7 Å². The van der Waals surface area contributed by atoms with Gasteiger partial charge in [0, 0.05) is 0 Å². The van der Waals surface area contributed by atoms with Gasteiger partial charge >= 0.3 is 0 Å². The van der Waals surface area contributed by atoms with Gasteiger partial charge in [0.25, 0.3) is 0 Å². The molecule has 3 rings (SSSR count). The molecule has 2 aliphatic carbocycles. The lowest BCUT2D eigenvalue weighted by Crippen LogP contribution is -1.78. The summed E-state index contributed by atoms with van der Waals surface area (Å²) in [5, 5.41) is 0. The molecule has 0 aliphatic heterocycles. The van der Waals surface area contributed by atoms with Crippen molar-refractivity contribution in [1.82, 2.24) is 0 Å². The highest BCUT2D eigenvalue weighted by atomic mass is 14.3. The van der Waals surface area contributed by atoms with Gasteiger partial charge in [-0.25, -0.2) is 0 Å². The lowest BCUT2D eigenvalue weighted by atomic mass is 10.1. The summed E-state index contributed by atoms with van der Waals surface area (Å²) in [4.78, 5) is 0. The zero-order valence-corrected chi connectivity index (χ0v) is 5.98. The summed E-state index contributed by atoms with van der Waals surface area (Å²) in [5.74, 6) is 0. The Hall–Kier alpha value is -0.780. The third-order valence-electron chi connectivity index (χ3n) is 2.74. The van der Waals surface area contributed by atoms with Crippen LogP contribution in [0.2, 0.25) is 0 Å². The molecule has 0 radical (unpaired) electrons. The molecule has 0 nitrogen and oxygen atoms in total. The summed E-state index contributed by atoms with van der Waals surface area (Å²) < 4.78 is 0. The molecule has 0 unspecified atom stereocenters. The Balaban J connectivity index is 2.32. The zero-order chi connectivity index (χ0) is 6.55. The van der Waals surface area contributed by atoms with Crippen LogP contribution in [0.3, 0.4) is 0 Å². The van der Waals surface area contributed by atoms with Crippen LogP contribution >= 0.6 is 0 Å². The van der Waals surface area contributed by atoms with E-state index in [2.05, 4.69) is 12.1 Å². The van der Waals surface area contributed by atoms with Crippen LogP contribution in [0.5, 0.6) is 0 Å². The smallest absolute Gasteiger partial charge is 0.00171 e. The minimum Gasteiger partial charge on any atom is -0.0585 e. The maximum absolute atomic E-state index is 2.33. The minimum absolute atomic E-state index is 1.30. The van der Waals surface area contributed by atoms with Crippen molar-refractivity contribution >= 4 is 0 Å². The first-order valence-electron chi connectivity index (χ1n) is 4.07. The molecule has 0 spiro atoms. The van der Waals surface area contributed by atoms with Crippen LogP contribution in [0.15, 0.2) is 12.1 Å². The van der Waals surface area contributed by atoms with Gasteiger partial charge in [0.15, 0.2) is 0 Å². The molecule has 1 aromatic carbocycles. The van der Waals surface area contributed by atoms with E-state index in [4.69, 9.17) is 0 Å². The van der Waals surface area contributed by atoms with Crippen molar-refractivity contribution in [1.29, 1.82) is 0 Å². The topological polar surface area (TPSA) is 0 Å². The van der Waals surface area contributed by atoms with Crippen LogP contribution < -0.4 is 0 Å². The molecule has 0 aromatic heterocycles. The van der Waals surface area contributed by atoms with Gasteiger partial charge in [-0.05, 0) is 47.9 Å². The van der Waals surface area contributed by atoms with Crippen LogP contribution in [0.4, 0.5) is 0 Å². The monoisotopic (exact) mass is 130 g/mol. The van der Waals surface area contributed by atoms with E-state index in [9.17, 15) is 0 Å². The lowest BCUT2D eigenvalue weighted by molar-refractivity contribution is 0.910. The van der Waals surface area contributed by atoms with E-state index in [-0.39, 0.29) is 0 Å². The van der Waals surface area contributed by atoms with Crippen LogP contribution in [0, 0.1) is 0 Å². The Morgan fingerprint density at radius 1 is 0.900 bits per heavy atom. The second kappa shape index (κ2) is 1.45. The predicted octanol–water partition coefficient (Wildman–Crippen LogP) is 2.08. The van der Waals surface area contributed by atoms with Crippen LogP contribution in [0.25, 0.3) is 0 Å². The molecule has 0 atom stereocenters. The van der Waals surface area contributed by atoms with Crippen LogP contribution in [0.1, 0.15) is 28.7 Å². The first kappa shape index (κ1) is 4.95. The molecule has 0 heterocycles. The van der Waals surface area contributed by atoms with E-state index in [0.717, 1.165) is 0 Å². The van der Waals surface area contributed by atoms with Crippen molar-refractivity contribution in [2.75, 3.05) is 0 Å². The van der Waals surface area contributed by atoms with Crippen molar-refractivity contribution < 1.29 is 0 Å². The SMILES string of the molecule is c1cc2c(c3c1CCC3)C2. The fourth-order valence-electron chi connectivity index (χ4n) is 2.10. The molecule has 50 valence electrons. The molecule has 0 bridgehead atoms. The average molecular weight is 130 g/mol. The van der Waals surface area contributed by atoms with E-state index in [1.807, 2.05) is 0 Å². The highest BCUT2D eigenvalue weighted by molar-refractivity contribution is 5.55. The third-order valence-corrected chi connectivity index (χ3v) is 2.74. The van der Waals surface area contributed by atoms with Crippen molar-refractivity contribution in [3.05, 3.63) is 34.4 Å². The second-order valence-electron chi connectivity index (χ2n) is 3.37. The number of hydrogen-bond acceptors (Lipinski definition) is 0. The molecular weight excluding hydrogens is 120 g/mol. The first-order chi connectivity index (χ1) is 4.95. The Kier molecular flexibility index (Phi) is 0.715. The Morgan fingerprint density at radius 3 is 2.80 bits per heavy atom. The summed E-state index contributed by atoms with van der Waals surface area (Å²) in [6.45, 7) is 0. The molecule has 0 saturated carbocycles. The van der Waals surface area contributed by atoms with Crippen LogP contribution in [-0.2, 0) is 19.3 Å². The quantitative estimate of drug-likeness (QED) is 0.512. The second-order valence-corrected chi connectivity index (χ2v) is 3.37. The highest BCUT2D eigenvalue weighted by Gasteiger charge is 2.25. The average Bonchev–Trinajstić information content (AvgIpc) is 2.60. The van der Waals surface area contributed by atoms with Gasteiger partial charge < -0.3 is 0 Å². The van der Waals surface area contributed by atoms with E-state index >= 15 is 0 Å². The van der Waals surface area contributed by atoms with Gasteiger partial charge in [-0.3, -0.25) is 0 Å². The molecular formula is C10H10. The van der Waals surface area contributed by atoms with Crippen molar-refractivity contribution in [3.8, 4) is 0 Å². The summed E-state index contributed by atoms with van der Waals surface area (Å²) in [7, 11) is 0. The number of aryl methyl sites for hydroxylation is 1. The number of rotatable bonds is 0. The molecule has 0 fully saturated rings. The van der Waals surface area contributed by atoms with E-state index < -0.39 is 0 Å². The highest BCUT2D eigenvalue weighted by Crippen LogP contribution is 2.37. The fourth-order valence-corrected chi connectivity index (χ4v) is 2.10. The van der Waals surface area contributed by atoms with Gasteiger partial charge in [-0.2, -0.15) is 0 Å². The molecule has 10 heavy (non-hydrogen) atoms. The number of fused-ring (bicyclic) bond motifs is 3. The first-order valence-corrected chi connectivity index (χ1v) is 4.07. The zero-order valence-electron chi connectivity index (χ0n) is 5.98. The Labute approximate surface area is 60.9 Å². The minimum atomic E-state index is 1.30. The van der Waals surface area contributed by atoms with Crippen LogP contribution in [-0.4, -0.2) is 0 Å². The van der Waals surface area contributed by atoms with Gasteiger partial charge in [0.05, 0.1) is 0 Å². The van der Waals surface area contributed by atoms with Gasteiger partial charge in [0.2, 0.25) is 0 Å². The standard InChI is InChI=1S/C10H10/c1-2-7-4-5-8-6-10(8)9(7)3-1/h4-5H,1-3,6H2. The molecule has 2 aliphatic rings. The Bertz CT molecular complexity index is 297. The van der Waals surface area contributed by atoms with E-state index in [0.29, 0.717) is 0 Å². The fraction of sp³-hybridized carbons (Fsp3) is 0.400. The summed E-state index contributed by atoms with van der Waals surface area (Å²) in [6, 6.07) is 4.63. The number of benzene rings is 1. The summed E-state index contributed by atoms with van der Waals surface area (Å²) in [5.41, 5.74) is 6.64. The normalized spacial score (nSPS) is 18.4. The summed E-state index contributed by atoms with van der Waals surface area (Å²) >= 11 is 0. The maximum atomic E-state index is 2.33. The molecule has 1 aromatic rings. The van der Waals surface area contributed by atoms with Crippen molar-refractivity contribution in [2.24, 2.45) is 0 Å². The largest absolute Gasteiger partial charge is 0.0585 e. The van der Waals surface area contributed by atoms with Gasteiger partial charge in [-0.15, -0.1) is 0 Å².